The number of pyridine rings is 2. The zero-order valence-corrected chi connectivity index (χ0v) is 15.1. The number of hydrogen-bond acceptors (Lipinski definition) is 5. The summed E-state index contributed by atoms with van der Waals surface area (Å²) < 4.78 is 14.1. The molecule has 1 fully saturated rings. The lowest BCUT2D eigenvalue weighted by atomic mass is 9.77. The maximum absolute atomic E-state index is 6.19. The van der Waals surface area contributed by atoms with Gasteiger partial charge < -0.3 is 9.31 Å². The molecule has 4 heterocycles. The van der Waals surface area contributed by atoms with E-state index in [9.17, 15) is 0 Å². The van der Waals surface area contributed by atoms with E-state index in [-0.39, 0.29) is 11.2 Å². The number of aryl methyl sites for hydroxylation is 1. The van der Waals surface area contributed by atoms with Gasteiger partial charge in [0.25, 0.3) is 0 Å². The molecule has 1 aliphatic heterocycles. The minimum absolute atomic E-state index is 0.379. The molecule has 3 aromatic heterocycles. The van der Waals surface area contributed by atoms with Crippen molar-refractivity contribution in [2.75, 3.05) is 0 Å². The summed E-state index contributed by atoms with van der Waals surface area (Å²) in [5.41, 5.74) is 2.68. The van der Waals surface area contributed by atoms with Crippen LogP contribution in [0.1, 0.15) is 27.7 Å². The van der Waals surface area contributed by atoms with E-state index in [1.54, 1.807) is 17.1 Å². The number of aromatic nitrogens is 4. The molecule has 1 aliphatic rings. The Morgan fingerprint density at radius 2 is 1.76 bits per heavy atom. The van der Waals surface area contributed by atoms with Gasteiger partial charge in [0, 0.05) is 30.4 Å². The minimum Gasteiger partial charge on any atom is -0.399 e. The van der Waals surface area contributed by atoms with Crippen molar-refractivity contribution in [3.63, 3.8) is 0 Å². The van der Waals surface area contributed by atoms with Crippen LogP contribution in [0.3, 0.4) is 0 Å². The molecule has 4 rings (SSSR count). The van der Waals surface area contributed by atoms with E-state index in [0.29, 0.717) is 5.65 Å². The highest BCUT2D eigenvalue weighted by Crippen LogP contribution is 2.36. The second kappa shape index (κ2) is 5.38. The molecule has 0 aromatic carbocycles. The molecule has 128 valence electrons. The van der Waals surface area contributed by atoms with Crippen molar-refractivity contribution in [2.24, 2.45) is 7.05 Å². The highest BCUT2D eigenvalue weighted by molar-refractivity contribution is 6.65. The Kier molecular flexibility index (Phi) is 3.49. The lowest BCUT2D eigenvalue weighted by Crippen LogP contribution is -2.41. The van der Waals surface area contributed by atoms with Gasteiger partial charge in [-0.3, -0.25) is 4.68 Å². The van der Waals surface area contributed by atoms with Crippen LogP contribution in [0, 0.1) is 0 Å². The summed E-state index contributed by atoms with van der Waals surface area (Å²) in [6, 6.07) is 5.95. The molecule has 7 heteroatoms. The first-order valence-electron chi connectivity index (χ1n) is 8.37. The average molecular weight is 336 g/mol. The standard InChI is InChI=1S/C18H21BN4O2/c1-17(2)18(3,4)25-19(24-17)14-8-9-20-16-13(14)6-7-15(22-16)12-10-21-23(5)11-12/h6-11H,1-5H3. The van der Waals surface area contributed by atoms with Crippen molar-refractivity contribution in [3.05, 3.63) is 36.8 Å². The summed E-state index contributed by atoms with van der Waals surface area (Å²) in [6.45, 7) is 8.20. The maximum atomic E-state index is 6.19. The molecular formula is C18H21BN4O2. The molecule has 0 saturated carbocycles. The summed E-state index contributed by atoms with van der Waals surface area (Å²) in [4.78, 5) is 9.12. The fourth-order valence-corrected chi connectivity index (χ4v) is 2.94. The van der Waals surface area contributed by atoms with E-state index in [1.807, 2.05) is 31.4 Å². The van der Waals surface area contributed by atoms with Crippen LogP contribution in [0.5, 0.6) is 0 Å². The molecule has 3 aromatic rings. The van der Waals surface area contributed by atoms with Crippen LogP contribution in [0.2, 0.25) is 0 Å². The van der Waals surface area contributed by atoms with Gasteiger partial charge in [0.1, 0.15) is 0 Å². The summed E-state index contributed by atoms with van der Waals surface area (Å²) in [5, 5.41) is 5.14. The van der Waals surface area contributed by atoms with Crippen LogP contribution >= 0.6 is 0 Å². The highest BCUT2D eigenvalue weighted by Gasteiger charge is 2.52. The summed E-state index contributed by atoms with van der Waals surface area (Å²) in [6.07, 6.45) is 5.49. The van der Waals surface area contributed by atoms with Gasteiger partial charge >= 0.3 is 7.12 Å². The Morgan fingerprint density at radius 3 is 2.40 bits per heavy atom. The molecule has 6 nitrogen and oxygen atoms in total. The van der Waals surface area contributed by atoms with Gasteiger partial charge in [0.2, 0.25) is 0 Å². The largest absolute Gasteiger partial charge is 0.495 e. The SMILES string of the molecule is Cn1cc(-c2ccc3c(B4OC(C)(C)C(C)(C)O4)ccnc3n2)cn1. The van der Waals surface area contributed by atoms with Crippen LogP contribution in [0.15, 0.2) is 36.8 Å². The van der Waals surface area contributed by atoms with E-state index in [4.69, 9.17) is 9.31 Å². The van der Waals surface area contributed by atoms with Crippen LogP contribution in [-0.2, 0) is 16.4 Å². The number of rotatable bonds is 2. The topological polar surface area (TPSA) is 62.1 Å². The normalized spacial score (nSPS) is 18.8. The molecule has 0 radical (unpaired) electrons. The molecule has 25 heavy (non-hydrogen) atoms. The first-order valence-corrected chi connectivity index (χ1v) is 8.37. The van der Waals surface area contributed by atoms with Gasteiger partial charge in [-0.25, -0.2) is 9.97 Å². The average Bonchev–Trinajstić information content (AvgIpc) is 3.07. The number of fused-ring (bicyclic) bond motifs is 1. The monoisotopic (exact) mass is 336 g/mol. The first-order chi connectivity index (χ1) is 11.8. The Labute approximate surface area is 147 Å². The smallest absolute Gasteiger partial charge is 0.399 e. The van der Waals surface area contributed by atoms with Crippen molar-refractivity contribution in [3.8, 4) is 11.3 Å². The van der Waals surface area contributed by atoms with Gasteiger partial charge in [-0.2, -0.15) is 5.10 Å². The summed E-state index contributed by atoms with van der Waals surface area (Å²) in [5.74, 6) is 0. The molecule has 0 unspecified atom stereocenters. The molecule has 0 amide bonds. The summed E-state index contributed by atoms with van der Waals surface area (Å²) in [7, 11) is 1.46. The van der Waals surface area contributed by atoms with Gasteiger partial charge in [-0.05, 0) is 51.4 Å². The van der Waals surface area contributed by atoms with Crippen molar-refractivity contribution in [1.29, 1.82) is 0 Å². The van der Waals surface area contributed by atoms with Gasteiger partial charge in [-0.1, -0.05) is 0 Å². The van der Waals surface area contributed by atoms with Crippen molar-refractivity contribution in [1.82, 2.24) is 19.7 Å². The van der Waals surface area contributed by atoms with E-state index in [1.165, 1.54) is 0 Å². The van der Waals surface area contributed by atoms with Gasteiger partial charge in [0.05, 0.1) is 23.1 Å². The summed E-state index contributed by atoms with van der Waals surface area (Å²) >= 11 is 0. The molecule has 0 atom stereocenters. The van der Waals surface area contributed by atoms with Crippen LogP contribution in [-0.4, -0.2) is 38.1 Å². The third-order valence-corrected chi connectivity index (χ3v) is 5.14. The van der Waals surface area contributed by atoms with Crippen LogP contribution in [0.25, 0.3) is 22.3 Å². The fraction of sp³-hybridized carbons (Fsp3) is 0.389. The first kappa shape index (κ1) is 16.2. The lowest BCUT2D eigenvalue weighted by molar-refractivity contribution is 0.00578. The second-order valence-corrected chi connectivity index (χ2v) is 7.46. The zero-order valence-electron chi connectivity index (χ0n) is 15.1. The fourth-order valence-electron chi connectivity index (χ4n) is 2.94. The van der Waals surface area contributed by atoms with E-state index < -0.39 is 7.12 Å². The third kappa shape index (κ3) is 2.64. The number of hydrogen-bond donors (Lipinski definition) is 0. The molecule has 0 spiro atoms. The minimum atomic E-state index is -0.429. The lowest BCUT2D eigenvalue weighted by Gasteiger charge is -2.32. The Balaban J connectivity index is 1.77. The van der Waals surface area contributed by atoms with Crippen molar-refractivity contribution in [2.45, 2.75) is 38.9 Å². The molecule has 1 saturated heterocycles. The predicted molar refractivity (Wildman–Crippen MR) is 97.5 cm³/mol. The van der Waals surface area contributed by atoms with E-state index >= 15 is 0 Å². The zero-order chi connectivity index (χ0) is 17.8. The molecular weight excluding hydrogens is 315 g/mol. The van der Waals surface area contributed by atoms with Crippen LogP contribution in [0.4, 0.5) is 0 Å². The van der Waals surface area contributed by atoms with E-state index in [0.717, 1.165) is 22.1 Å². The Morgan fingerprint density at radius 1 is 1.04 bits per heavy atom. The predicted octanol–water partition coefficient (Wildman–Crippen LogP) is 2.33. The Bertz CT molecular complexity index is 935. The molecule has 0 aliphatic carbocycles. The Hall–Kier alpha value is -2.25. The third-order valence-electron chi connectivity index (χ3n) is 5.14. The maximum Gasteiger partial charge on any atom is 0.495 e. The quantitative estimate of drug-likeness (QED) is 0.672. The molecule has 0 N–H and O–H groups in total. The highest BCUT2D eigenvalue weighted by atomic mass is 16.7. The van der Waals surface area contributed by atoms with Gasteiger partial charge in [0.15, 0.2) is 5.65 Å². The van der Waals surface area contributed by atoms with Crippen molar-refractivity contribution < 1.29 is 9.31 Å². The molecule has 0 bridgehead atoms. The van der Waals surface area contributed by atoms with Gasteiger partial charge in [-0.15, -0.1) is 0 Å². The van der Waals surface area contributed by atoms with E-state index in [2.05, 4.69) is 42.8 Å². The van der Waals surface area contributed by atoms with Crippen molar-refractivity contribution >= 4 is 23.6 Å². The number of nitrogens with zero attached hydrogens (tertiary/aromatic N) is 4. The van der Waals surface area contributed by atoms with Crippen LogP contribution < -0.4 is 5.46 Å². The second-order valence-electron chi connectivity index (χ2n) is 7.46.